The molecule has 0 bridgehead atoms. The third-order valence-corrected chi connectivity index (χ3v) is 4.96. The molecule has 13 heteroatoms. The van der Waals surface area contributed by atoms with Gasteiger partial charge in [0, 0.05) is 33.4 Å². The summed E-state index contributed by atoms with van der Waals surface area (Å²) in [5.41, 5.74) is 4.45. The monoisotopic (exact) mass is 451 g/mol. The number of aliphatic carboxylic acids is 1. The summed E-state index contributed by atoms with van der Waals surface area (Å²) in [6, 6.07) is -1.25. The number of esters is 4. The lowest BCUT2D eigenvalue weighted by molar-refractivity contribution is -0.237. The zero-order valence-electron chi connectivity index (χ0n) is 16.9. The number of rotatable bonds is 9. The first-order valence-electron chi connectivity index (χ1n) is 8.82. The Morgan fingerprint density at radius 1 is 0.900 bits per heavy atom. The molecule has 3 N–H and O–H groups in total. The van der Waals surface area contributed by atoms with Gasteiger partial charge in [-0.05, 0) is 0 Å². The van der Waals surface area contributed by atoms with Gasteiger partial charge in [-0.1, -0.05) is 0 Å². The van der Waals surface area contributed by atoms with Gasteiger partial charge in [0.15, 0.2) is 18.3 Å². The predicted molar refractivity (Wildman–Crippen MR) is 100 cm³/mol. The van der Waals surface area contributed by atoms with Crippen molar-refractivity contribution in [2.24, 2.45) is 5.73 Å². The number of hydrogen-bond acceptors (Lipinski definition) is 12. The van der Waals surface area contributed by atoms with Gasteiger partial charge >= 0.3 is 29.8 Å². The molecule has 6 atom stereocenters. The van der Waals surface area contributed by atoms with E-state index in [0.717, 1.165) is 39.5 Å². The van der Waals surface area contributed by atoms with Crippen LogP contribution < -0.4 is 5.73 Å². The summed E-state index contributed by atoms with van der Waals surface area (Å²) in [5, 5.41) is 8.98. The summed E-state index contributed by atoms with van der Waals surface area (Å²) >= 11 is 0.896. The Bertz CT molecular complexity index is 670. The summed E-state index contributed by atoms with van der Waals surface area (Å²) in [7, 11) is 0. The third-order valence-electron chi connectivity index (χ3n) is 3.71. The van der Waals surface area contributed by atoms with Crippen molar-refractivity contribution >= 4 is 41.6 Å². The average Bonchev–Trinajstić information content (AvgIpc) is 2.60. The van der Waals surface area contributed by atoms with E-state index < -0.39 is 65.7 Å². The number of ether oxygens (including phenoxy) is 5. The quantitative estimate of drug-likeness (QED) is 0.329. The molecule has 1 saturated heterocycles. The molecule has 1 aliphatic rings. The minimum absolute atomic E-state index is 0.136. The Balaban J connectivity index is 3.27. The second-order valence-corrected chi connectivity index (χ2v) is 7.48. The topological polar surface area (TPSA) is 178 Å². The Morgan fingerprint density at radius 3 is 1.87 bits per heavy atom. The molecule has 4 unspecified atom stereocenters. The first-order valence-corrected chi connectivity index (χ1v) is 9.87. The molecule has 0 aromatic rings. The Morgan fingerprint density at radius 2 is 1.40 bits per heavy atom. The van der Waals surface area contributed by atoms with Gasteiger partial charge < -0.3 is 34.5 Å². The van der Waals surface area contributed by atoms with Gasteiger partial charge in [-0.25, -0.2) is 0 Å². The van der Waals surface area contributed by atoms with Gasteiger partial charge in [-0.2, -0.15) is 0 Å². The number of carbonyl (C=O) groups is 5. The van der Waals surface area contributed by atoms with Crippen molar-refractivity contribution in [1.82, 2.24) is 0 Å². The fourth-order valence-electron chi connectivity index (χ4n) is 2.59. The van der Waals surface area contributed by atoms with Crippen LogP contribution >= 0.6 is 11.8 Å². The smallest absolute Gasteiger partial charge is 0.321 e. The maximum atomic E-state index is 11.7. The number of nitrogens with two attached hydrogens (primary N) is 1. The molecule has 0 saturated carbocycles. The van der Waals surface area contributed by atoms with E-state index >= 15 is 0 Å². The molecule has 12 nitrogen and oxygen atoms in total. The third kappa shape index (κ3) is 8.16. The normalized spacial score (nSPS) is 26.8. The van der Waals surface area contributed by atoms with E-state index in [-0.39, 0.29) is 12.4 Å². The van der Waals surface area contributed by atoms with E-state index in [1.54, 1.807) is 0 Å². The molecule has 0 aromatic heterocycles. The summed E-state index contributed by atoms with van der Waals surface area (Å²) in [6.45, 7) is 4.13. The second-order valence-electron chi connectivity index (χ2n) is 6.35. The van der Waals surface area contributed by atoms with Crippen molar-refractivity contribution < 1.29 is 52.8 Å². The van der Waals surface area contributed by atoms with Gasteiger partial charge in [0.05, 0.1) is 0 Å². The Labute approximate surface area is 176 Å². The maximum Gasteiger partial charge on any atom is 0.321 e. The molecule has 1 aliphatic heterocycles. The van der Waals surface area contributed by atoms with Gasteiger partial charge in [-0.15, -0.1) is 11.8 Å². The van der Waals surface area contributed by atoms with E-state index in [9.17, 15) is 24.0 Å². The molecule has 30 heavy (non-hydrogen) atoms. The van der Waals surface area contributed by atoms with Crippen molar-refractivity contribution in [2.75, 3.05) is 12.4 Å². The molecular weight excluding hydrogens is 426 g/mol. The van der Waals surface area contributed by atoms with Gasteiger partial charge in [-0.3, -0.25) is 24.0 Å². The van der Waals surface area contributed by atoms with Crippen molar-refractivity contribution in [3.8, 4) is 0 Å². The van der Waals surface area contributed by atoms with Crippen molar-refractivity contribution in [3.63, 3.8) is 0 Å². The first-order chi connectivity index (χ1) is 13.9. The standard InChI is InChI=1S/C17H25NO11S/c1-7(19)25-5-12-13(26-8(2)20)14(27-9(3)21)15(28-10(4)22)17(29-12)30-6-11(18)16(23)24/h11-15,17H,5-6,18H2,1-4H3,(H,23,24)/t11?,12?,13-,14?,15?,17-/m0/s1. The lowest BCUT2D eigenvalue weighted by atomic mass is 9.99. The summed E-state index contributed by atoms with van der Waals surface area (Å²) in [5.74, 6) is -4.27. The largest absolute Gasteiger partial charge is 0.480 e. The predicted octanol–water partition coefficient (Wildman–Crippen LogP) is -0.785. The number of carboxylic acids is 1. The van der Waals surface area contributed by atoms with Crippen LogP contribution in [0.3, 0.4) is 0 Å². The van der Waals surface area contributed by atoms with Crippen LogP contribution in [0, 0.1) is 0 Å². The minimum Gasteiger partial charge on any atom is -0.480 e. The highest BCUT2D eigenvalue weighted by Crippen LogP contribution is 2.34. The molecule has 0 aliphatic carbocycles. The van der Waals surface area contributed by atoms with E-state index in [2.05, 4.69) is 0 Å². The molecule has 0 radical (unpaired) electrons. The fourth-order valence-corrected chi connectivity index (χ4v) is 3.75. The molecule has 0 aromatic carbocycles. The summed E-state index contributed by atoms with van der Waals surface area (Å²) in [6.07, 6.45) is -4.91. The highest BCUT2D eigenvalue weighted by Gasteiger charge is 2.52. The van der Waals surface area contributed by atoms with Crippen LogP contribution in [0.2, 0.25) is 0 Å². The van der Waals surface area contributed by atoms with E-state index in [1.807, 2.05) is 0 Å². The minimum atomic E-state index is -1.30. The molecule has 0 amide bonds. The van der Waals surface area contributed by atoms with Crippen LogP contribution in [0.15, 0.2) is 0 Å². The Kier molecular flexibility index (Phi) is 10.0. The summed E-state index contributed by atoms with van der Waals surface area (Å²) in [4.78, 5) is 57.2. The fraction of sp³-hybridized carbons (Fsp3) is 0.706. The molecule has 1 heterocycles. The SMILES string of the molecule is CC(=O)OCC1O[C@@H](SCC(N)C(=O)O)C(OC(C)=O)C(OC(C)=O)[C@H]1OC(C)=O. The van der Waals surface area contributed by atoms with E-state index in [1.165, 1.54) is 0 Å². The lowest BCUT2D eigenvalue weighted by Gasteiger charge is -2.44. The number of carboxylic acid groups (broad SMARTS) is 1. The molecule has 1 fully saturated rings. The van der Waals surface area contributed by atoms with E-state index in [4.69, 9.17) is 34.5 Å². The zero-order valence-corrected chi connectivity index (χ0v) is 17.7. The van der Waals surface area contributed by atoms with Crippen LogP contribution in [0.5, 0.6) is 0 Å². The summed E-state index contributed by atoms with van der Waals surface area (Å²) < 4.78 is 26.5. The highest BCUT2D eigenvalue weighted by atomic mass is 32.2. The van der Waals surface area contributed by atoms with Crippen molar-refractivity contribution in [3.05, 3.63) is 0 Å². The lowest BCUT2D eigenvalue weighted by Crippen LogP contribution is -2.61. The zero-order chi connectivity index (χ0) is 23.0. The highest BCUT2D eigenvalue weighted by molar-refractivity contribution is 7.99. The van der Waals surface area contributed by atoms with Crippen molar-refractivity contribution in [1.29, 1.82) is 0 Å². The Hall–Kier alpha value is -2.38. The number of thioether (sulfide) groups is 1. The first kappa shape index (κ1) is 25.7. The number of carbonyl (C=O) groups excluding carboxylic acids is 4. The maximum absolute atomic E-state index is 11.7. The molecule has 0 spiro atoms. The van der Waals surface area contributed by atoms with Crippen LogP contribution in [0.25, 0.3) is 0 Å². The number of hydrogen-bond donors (Lipinski definition) is 2. The van der Waals surface area contributed by atoms with E-state index in [0.29, 0.717) is 0 Å². The molecule has 1 rings (SSSR count). The second kappa shape index (κ2) is 11.7. The van der Waals surface area contributed by atoms with Crippen LogP contribution in [-0.2, 0) is 47.7 Å². The van der Waals surface area contributed by atoms with Crippen LogP contribution in [-0.4, -0.2) is 83.2 Å². The van der Waals surface area contributed by atoms with Crippen LogP contribution in [0.1, 0.15) is 27.7 Å². The van der Waals surface area contributed by atoms with Gasteiger partial charge in [0.25, 0.3) is 0 Å². The average molecular weight is 451 g/mol. The van der Waals surface area contributed by atoms with Crippen LogP contribution in [0.4, 0.5) is 0 Å². The molecular formula is C17H25NO11S. The van der Waals surface area contributed by atoms with Gasteiger partial charge in [0.1, 0.15) is 24.2 Å². The van der Waals surface area contributed by atoms with Gasteiger partial charge in [0.2, 0.25) is 0 Å². The van der Waals surface area contributed by atoms with Crippen molar-refractivity contribution in [2.45, 2.75) is 63.6 Å². The molecule has 170 valence electrons.